The van der Waals surface area contributed by atoms with Crippen molar-refractivity contribution in [1.82, 2.24) is 4.90 Å². The standard InChI is InChI=1S/C22H25NO3/c24-21(19-13-7-8-14-20(19)22(25)26)23(15-17-9-3-1-4-10-17)16-18-11-5-2-6-12-18/h1-6,9-12,19-20H,7-8,13-16H2,(H,25,26)/p-1/t19-,20+/m0/s1. The number of carbonyl (C=O) groups excluding carboxylic acids is 2. The van der Waals surface area contributed by atoms with Crippen LogP contribution in [-0.4, -0.2) is 16.8 Å². The predicted octanol–water partition coefficient (Wildman–Crippen LogP) is 2.77. The van der Waals surface area contributed by atoms with E-state index in [9.17, 15) is 14.7 Å². The lowest BCUT2D eigenvalue weighted by molar-refractivity contribution is -0.314. The molecular weight excluding hydrogens is 326 g/mol. The van der Waals surface area contributed by atoms with E-state index < -0.39 is 17.8 Å². The topological polar surface area (TPSA) is 60.4 Å². The van der Waals surface area contributed by atoms with Gasteiger partial charge in [-0.15, -0.1) is 0 Å². The largest absolute Gasteiger partial charge is 0.550 e. The minimum atomic E-state index is -1.09. The van der Waals surface area contributed by atoms with Gasteiger partial charge in [0.25, 0.3) is 0 Å². The summed E-state index contributed by atoms with van der Waals surface area (Å²) in [6.45, 7) is 0.954. The molecule has 2 atom stereocenters. The molecular formula is C22H24NO3-. The number of amides is 1. The van der Waals surface area contributed by atoms with Crippen LogP contribution in [-0.2, 0) is 22.7 Å². The van der Waals surface area contributed by atoms with Crippen molar-refractivity contribution in [2.45, 2.75) is 38.8 Å². The highest BCUT2D eigenvalue weighted by molar-refractivity contribution is 5.84. The van der Waals surface area contributed by atoms with E-state index in [4.69, 9.17) is 0 Å². The molecule has 136 valence electrons. The van der Waals surface area contributed by atoms with Crippen molar-refractivity contribution < 1.29 is 14.7 Å². The molecule has 0 heterocycles. The molecule has 0 N–H and O–H groups in total. The van der Waals surface area contributed by atoms with Crippen LogP contribution in [0, 0.1) is 11.8 Å². The first kappa shape index (κ1) is 18.2. The molecule has 0 radical (unpaired) electrons. The zero-order valence-electron chi connectivity index (χ0n) is 14.8. The van der Waals surface area contributed by atoms with Gasteiger partial charge in [-0.2, -0.15) is 0 Å². The first-order chi connectivity index (χ1) is 12.6. The van der Waals surface area contributed by atoms with E-state index in [1.807, 2.05) is 60.7 Å². The number of carboxylic acid groups (broad SMARTS) is 1. The summed E-state index contributed by atoms with van der Waals surface area (Å²) in [7, 11) is 0. The maximum Gasteiger partial charge on any atom is 0.226 e. The third kappa shape index (κ3) is 4.51. The summed E-state index contributed by atoms with van der Waals surface area (Å²) in [6.07, 6.45) is 2.89. The molecule has 0 spiro atoms. The maximum absolute atomic E-state index is 13.3. The number of carboxylic acids is 1. The zero-order valence-corrected chi connectivity index (χ0v) is 14.8. The van der Waals surface area contributed by atoms with Gasteiger partial charge in [-0.3, -0.25) is 4.79 Å². The summed E-state index contributed by atoms with van der Waals surface area (Å²) >= 11 is 0. The third-order valence-corrected chi connectivity index (χ3v) is 5.13. The summed E-state index contributed by atoms with van der Waals surface area (Å²) < 4.78 is 0. The molecule has 2 aromatic carbocycles. The Morgan fingerprint density at radius 2 is 1.27 bits per heavy atom. The highest BCUT2D eigenvalue weighted by Crippen LogP contribution is 2.32. The lowest BCUT2D eigenvalue weighted by Crippen LogP contribution is -2.45. The molecule has 1 aliphatic rings. The van der Waals surface area contributed by atoms with E-state index in [0.29, 0.717) is 25.9 Å². The van der Waals surface area contributed by atoms with Crippen molar-refractivity contribution in [3.05, 3.63) is 71.8 Å². The van der Waals surface area contributed by atoms with Gasteiger partial charge in [0.05, 0.1) is 0 Å². The van der Waals surface area contributed by atoms with Gasteiger partial charge < -0.3 is 14.8 Å². The number of nitrogens with zero attached hydrogens (tertiary/aromatic N) is 1. The molecule has 4 heteroatoms. The van der Waals surface area contributed by atoms with Crippen LogP contribution in [0.2, 0.25) is 0 Å². The van der Waals surface area contributed by atoms with Crippen molar-refractivity contribution in [3.63, 3.8) is 0 Å². The Hall–Kier alpha value is -2.62. The SMILES string of the molecule is O=C([O-])[C@@H]1CCCC[C@@H]1C(=O)N(Cc1ccccc1)Cc1ccccc1. The van der Waals surface area contributed by atoms with Crippen molar-refractivity contribution in [1.29, 1.82) is 0 Å². The number of hydrogen-bond donors (Lipinski definition) is 0. The van der Waals surface area contributed by atoms with Crippen LogP contribution in [0.15, 0.2) is 60.7 Å². The second-order valence-electron chi connectivity index (χ2n) is 6.98. The summed E-state index contributed by atoms with van der Waals surface area (Å²) in [4.78, 5) is 26.6. The Morgan fingerprint density at radius 1 is 0.808 bits per heavy atom. The fourth-order valence-corrected chi connectivity index (χ4v) is 3.76. The van der Waals surface area contributed by atoms with Crippen LogP contribution in [0.4, 0.5) is 0 Å². The molecule has 0 unspecified atom stereocenters. The average molecular weight is 350 g/mol. The van der Waals surface area contributed by atoms with E-state index in [-0.39, 0.29) is 5.91 Å². The summed E-state index contributed by atoms with van der Waals surface area (Å²) in [5.41, 5.74) is 2.08. The number of benzene rings is 2. The minimum Gasteiger partial charge on any atom is -0.550 e. The average Bonchev–Trinajstić information content (AvgIpc) is 2.68. The lowest BCUT2D eigenvalue weighted by atomic mass is 9.78. The van der Waals surface area contributed by atoms with Gasteiger partial charge in [0.1, 0.15) is 0 Å². The van der Waals surface area contributed by atoms with Crippen LogP contribution in [0.25, 0.3) is 0 Å². The van der Waals surface area contributed by atoms with Crippen molar-refractivity contribution in [2.75, 3.05) is 0 Å². The molecule has 2 aromatic rings. The van der Waals surface area contributed by atoms with E-state index in [2.05, 4.69) is 0 Å². The molecule has 0 aliphatic heterocycles. The highest BCUT2D eigenvalue weighted by atomic mass is 16.4. The predicted molar refractivity (Wildman–Crippen MR) is 97.6 cm³/mol. The monoisotopic (exact) mass is 350 g/mol. The second kappa shape index (κ2) is 8.65. The van der Waals surface area contributed by atoms with Crippen molar-refractivity contribution >= 4 is 11.9 Å². The smallest absolute Gasteiger partial charge is 0.226 e. The number of carbonyl (C=O) groups is 2. The molecule has 0 aromatic heterocycles. The Labute approximate surface area is 154 Å². The molecule has 0 bridgehead atoms. The van der Waals surface area contributed by atoms with E-state index in [1.54, 1.807) is 4.90 Å². The Bertz CT molecular complexity index is 688. The van der Waals surface area contributed by atoms with Crippen molar-refractivity contribution in [3.8, 4) is 0 Å². The Balaban J connectivity index is 1.83. The molecule has 0 saturated heterocycles. The fraction of sp³-hybridized carbons (Fsp3) is 0.364. The van der Waals surface area contributed by atoms with Crippen LogP contribution in [0.5, 0.6) is 0 Å². The molecule has 1 saturated carbocycles. The summed E-state index contributed by atoms with van der Waals surface area (Å²) in [6, 6.07) is 19.6. The van der Waals surface area contributed by atoms with Gasteiger partial charge in [-0.1, -0.05) is 73.5 Å². The van der Waals surface area contributed by atoms with Gasteiger partial charge in [0, 0.05) is 30.9 Å². The summed E-state index contributed by atoms with van der Waals surface area (Å²) in [5, 5.41) is 11.5. The van der Waals surface area contributed by atoms with Gasteiger partial charge >= 0.3 is 0 Å². The van der Waals surface area contributed by atoms with E-state index in [1.165, 1.54) is 0 Å². The Morgan fingerprint density at radius 3 is 1.73 bits per heavy atom. The molecule has 1 amide bonds. The fourth-order valence-electron chi connectivity index (χ4n) is 3.76. The number of aliphatic carboxylic acids is 1. The molecule has 26 heavy (non-hydrogen) atoms. The third-order valence-electron chi connectivity index (χ3n) is 5.13. The van der Waals surface area contributed by atoms with E-state index in [0.717, 1.165) is 24.0 Å². The van der Waals surface area contributed by atoms with Crippen LogP contribution in [0.1, 0.15) is 36.8 Å². The normalized spacial score (nSPS) is 19.7. The van der Waals surface area contributed by atoms with Gasteiger partial charge in [-0.05, 0) is 24.0 Å². The van der Waals surface area contributed by atoms with E-state index >= 15 is 0 Å². The second-order valence-corrected chi connectivity index (χ2v) is 6.98. The van der Waals surface area contributed by atoms with Crippen molar-refractivity contribution in [2.24, 2.45) is 11.8 Å². The number of hydrogen-bond acceptors (Lipinski definition) is 3. The molecule has 1 aliphatic carbocycles. The molecule has 1 fully saturated rings. The van der Waals surface area contributed by atoms with Crippen LogP contribution < -0.4 is 5.11 Å². The number of rotatable bonds is 6. The van der Waals surface area contributed by atoms with Crippen LogP contribution >= 0.6 is 0 Å². The highest BCUT2D eigenvalue weighted by Gasteiger charge is 2.34. The lowest BCUT2D eigenvalue weighted by Gasteiger charge is -2.35. The minimum absolute atomic E-state index is 0.0772. The Kier molecular flexibility index (Phi) is 6.05. The van der Waals surface area contributed by atoms with Crippen LogP contribution in [0.3, 0.4) is 0 Å². The van der Waals surface area contributed by atoms with Gasteiger partial charge in [-0.25, -0.2) is 0 Å². The molecule has 4 nitrogen and oxygen atoms in total. The first-order valence-corrected chi connectivity index (χ1v) is 9.22. The van der Waals surface area contributed by atoms with Gasteiger partial charge in [0.2, 0.25) is 5.91 Å². The van der Waals surface area contributed by atoms with Gasteiger partial charge in [0.15, 0.2) is 0 Å². The zero-order chi connectivity index (χ0) is 18.4. The first-order valence-electron chi connectivity index (χ1n) is 9.22. The maximum atomic E-state index is 13.3. The quantitative estimate of drug-likeness (QED) is 0.805. The molecule has 3 rings (SSSR count). The summed E-state index contributed by atoms with van der Waals surface area (Å²) in [5.74, 6) is -2.33.